The molecule has 0 aliphatic heterocycles. The van der Waals surface area contributed by atoms with Crippen LogP contribution in [-0.2, 0) is 0 Å². The van der Waals surface area contributed by atoms with E-state index < -0.39 is 0 Å². The number of rotatable bonds is 3. The molecule has 9 aromatic rings. The van der Waals surface area contributed by atoms with E-state index in [1.54, 1.807) is 0 Å². The van der Waals surface area contributed by atoms with Gasteiger partial charge in [-0.15, -0.1) is 0 Å². The van der Waals surface area contributed by atoms with Crippen LogP contribution in [0.4, 0.5) is 0 Å². The Hall–Kier alpha value is -5.87. The van der Waals surface area contributed by atoms with E-state index in [0.717, 1.165) is 50.0 Å². The second kappa shape index (κ2) is 9.33. The number of benzene rings is 5. The first kappa shape index (κ1) is 23.8. The lowest BCUT2D eigenvalue weighted by molar-refractivity contribution is 1.14. The first-order valence-electron chi connectivity index (χ1n) is 14.4. The van der Waals surface area contributed by atoms with E-state index in [2.05, 4.69) is 125 Å². The van der Waals surface area contributed by atoms with Crippen molar-refractivity contribution >= 4 is 54.1 Å². The zero-order valence-electron chi connectivity index (χ0n) is 23.1. The molecule has 0 radical (unpaired) electrons. The molecule has 0 N–H and O–H groups in total. The Balaban J connectivity index is 1.44. The van der Waals surface area contributed by atoms with Crippen molar-refractivity contribution in [2.45, 2.75) is 0 Å². The Labute approximate surface area is 247 Å². The van der Waals surface area contributed by atoms with Crippen LogP contribution < -0.4 is 0 Å². The second-order valence-electron chi connectivity index (χ2n) is 10.9. The molecule has 4 nitrogen and oxygen atoms in total. The summed E-state index contributed by atoms with van der Waals surface area (Å²) in [7, 11) is 0. The Morgan fingerprint density at radius 3 is 1.88 bits per heavy atom. The highest BCUT2D eigenvalue weighted by Crippen LogP contribution is 2.43. The standard InChI is InChI=1S/C39H24N4/c1-3-11-29-25(8-1)17-20-41-37(29)27-15-16-36-33(22-27)35-23-34(38-30-12-4-2-9-26(30)18-21-42-38)31-13-5-6-14-32(31)39(35)43(36)28-10-7-19-40-24-28/h1-24H. The summed E-state index contributed by atoms with van der Waals surface area (Å²) in [5.74, 6) is 0. The molecule has 0 bridgehead atoms. The Kier molecular flexibility index (Phi) is 5.16. The van der Waals surface area contributed by atoms with E-state index in [1.165, 1.54) is 32.3 Å². The average Bonchev–Trinajstić information content (AvgIpc) is 3.41. The average molecular weight is 549 g/mol. The van der Waals surface area contributed by atoms with E-state index in [9.17, 15) is 0 Å². The molecule has 0 unspecified atom stereocenters. The third-order valence-electron chi connectivity index (χ3n) is 8.55. The van der Waals surface area contributed by atoms with Crippen molar-refractivity contribution in [2.75, 3.05) is 0 Å². The first-order chi connectivity index (χ1) is 21.3. The third-order valence-corrected chi connectivity index (χ3v) is 8.55. The van der Waals surface area contributed by atoms with Crippen LogP contribution in [0.2, 0.25) is 0 Å². The second-order valence-corrected chi connectivity index (χ2v) is 10.9. The Morgan fingerprint density at radius 1 is 0.465 bits per heavy atom. The number of hydrogen-bond donors (Lipinski definition) is 0. The molecule has 43 heavy (non-hydrogen) atoms. The van der Waals surface area contributed by atoms with E-state index >= 15 is 0 Å². The van der Waals surface area contributed by atoms with Crippen LogP contribution in [0.25, 0.3) is 82.3 Å². The van der Waals surface area contributed by atoms with Gasteiger partial charge in [-0.2, -0.15) is 0 Å². The van der Waals surface area contributed by atoms with Crippen LogP contribution in [0.1, 0.15) is 0 Å². The van der Waals surface area contributed by atoms with Crippen LogP contribution in [-0.4, -0.2) is 19.5 Å². The topological polar surface area (TPSA) is 43.6 Å². The zero-order valence-corrected chi connectivity index (χ0v) is 23.1. The molecule has 0 aliphatic carbocycles. The number of hydrogen-bond acceptors (Lipinski definition) is 3. The van der Waals surface area contributed by atoms with Gasteiger partial charge in [0.15, 0.2) is 0 Å². The summed E-state index contributed by atoms with van der Waals surface area (Å²) in [6, 6.07) is 42.9. The maximum absolute atomic E-state index is 4.95. The van der Waals surface area contributed by atoms with Crippen molar-refractivity contribution in [1.82, 2.24) is 19.5 Å². The van der Waals surface area contributed by atoms with Gasteiger partial charge in [-0.05, 0) is 58.6 Å². The van der Waals surface area contributed by atoms with E-state index in [1.807, 2.05) is 30.9 Å². The molecule has 200 valence electrons. The van der Waals surface area contributed by atoms with E-state index in [0.29, 0.717) is 0 Å². The van der Waals surface area contributed by atoms with E-state index in [-0.39, 0.29) is 0 Å². The molecule has 4 aromatic heterocycles. The maximum Gasteiger partial charge on any atom is 0.0786 e. The fourth-order valence-electron chi connectivity index (χ4n) is 6.65. The van der Waals surface area contributed by atoms with Crippen molar-refractivity contribution in [2.24, 2.45) is 0 Å². The van der Waals surface area contributed by atoms with Gasteiger partial charge in [-0.3, -0.25) is 15.0 Å². The third kappa shape index (κ3) is 3.60. The zero-order chi connectivity index (χ0) is 28.3. The molecule has 0 spiro atoms. The molecule has 0 saturated heterocycles. The van der Waals surface area contributed by atoms with Gasteiger partial charge in [0.25, 0.3) is 0 Å². The van der Waals surface area contributed by atoms with Crippen molar-refractivity contribution in [3.63, 3.8) is 0 Å². The fourth-order valence-corrected chi connectivity index (χ4v) is 6.65. The first-order valence-corrected chi connectivity index (χ1v) is 14.4. The predicted molar refractivity (Wildman–Crippen MR) is 178 cm³/mol. The van der Waals surface area contributed by atoms with Crippen LogP contribution in [0.5, 0.6) is 0 Å². The minimum absolute atomic E-state index is 0.985. The smallest absolute Gasteiger partial charge is 0.0786 e. The highest BCUT2D eigenvalue weighted by Gasteiger charge is 2.20. The lowest BCUT2D eigenvalue weighted by atomic mass is 9.95. The minimum Gasteiger partial charge on any atom is -0.307 e. The summed E-state index contributed by atoms with van der Waals surface area (Å²) >= 11 is 0. The van der Waals surface area contributed by atoms with Gasteiger partial charge in [-0.1, -0.05) is 78.9 Å². The molecule has 5 aromatic carbocycles. The molecule has 0 fully saturated rings. The van der Waals surface area contributed by atoms with Gasteiger partial charge < -0.3 is 4.57 Å². The van der Waals surface area contributed by atoms with E-state index in [4.69, 9.17) is 9.97 Å². The monoisotopic (exact) mass is 548 g/mol. The Morgan fingerprint density at radius 2 is 1.14 bits per heavy atom. The molecule has 0 amide bonds. The highest BCUT2D eigenvalue weighted by atomic mass is 15.0. The van der Waals surface area contributed by atoms with Crippen molar-refractivity contribution < 1.29 is 0 Å². The molecule has 4 heterocycles. The molecule has 9 rings (SSSR count). The highest BCUT2D eigenvalue weighted by molar-refractivity contribution is 6.23. The van der Waals surface area contributed by atoms with Gasteiger partial charge in [-0.25, -0.2) is 0 Å². The number of nitrogens with zero attached hydrogens (tertiary/aromatic N) is 4. The van der Waals surface area contributed by atoms with Crippen LogP contribution >= 0.6 is 0 Å². The molecular weight excluding hydrogens is 524 g/mol. The van der Waals surface area contributed by atoms with Crippen molar-refractivity contribution in [1.29, 1.82) is 0 Å². The van der Waals surface area contributed by atoms with Gasteiger partial charge >= 0.3 is 0 Å². The fraction of sp³-hybridized carbons (Fsp3) is 0. The summed E-state index contributed by atoms with van der Waals surface area (Å²) < 4.78 is 2.35. The van der Waals surface area contributed by atoms with Gasteiger partial charge in [0.2, 0.25) is 0 Å². The Bertz CT molecular complexity index is 2500. The summed E-state index contributed by atoms with van der Waals surface area (Å²) in [5, 5.41) is 9.33. The van der Waals surface area contributed by atoms with Crippen LogP contribution in [0.15, 0.2) is 146 Å². The van der Waals surface area contributed by atoms with Gasteiger partial charge in [0, 0.05) is 56.6 Å². The summed E-state index contributed by atoms with van der Waals surface area (Å²) in [6.07, 6.45) is 7.58. The lowest BCUT2D eigenvalue weighted by Gasteiger charge is -2.13. The summed E-state index contributed by atoms with van der Waals surface area (Å²) in [6.45, 7) is 0. The number of aromatic nitrogens is 4. The SMILES string of the molecule is c1cncc(-n2c3ccc(-c4nccc5ccccc45)cc3c3cc(-c4nccc5ccccc45)c4ccccc4c32)c1. The number of pyridine rings is 3. The maximum atomic E-state index is 4.95. The largest absolute Gasteiger partial charge is 0.307 e. The minimum atomic E-state index is 0.985. The molecule has 0 saturated carbocycles. The summed E-state index contributed by atoms with van der Waals surface area (Å²) in [4.78, 5) is 14.3. The molecule has 4 heteroatoms. The van der Waals surface area contributed by atoms with Crippen molar-refractivity contribution in [3.8, 4) is 28.2 Å². The molecule has 0 atom stereocenters. The normalized spacial score (nSPS) is 11.7. The molecular formula is C39H24N4. The van der Waals surface area contributed by atoms with Crippen molar-refractivity contribution in [3.05, 3.63) is 146 Å². The lowest BCUT2D eigenvalue weighted by Crippen LogP contribution is -1.96. The van der Waals surface area contributed by atoms with Gasteiger partial charge in [0.1, 0.15) is 0 Å². The van der Waals surface area contributed by atoms with Gasteiger partial charge in [0.05, 0.1) is 34.3 Å². The summed E-state index contributed by atoms with van der Waals surface area (Å²) in [5.41, 5.74) is 7.50. The quantitative estimate of drug-likeness (QED) is 0.221. The number of fused-ring (bicyclic) bond motifs is 7. The predicted octanol–water partition coefficient (Wildman–Crippen LogP) is 9.76. The molecule has 0 aliphatic rings. The van der Waals surface area contributed by atoms with Crippen LogP contribution in [0.3, 0.4) is 0 Å². The van der Waals surface area contributed by atoms with Crippen LogP contribution in [0, 0.1) is 0 Å².